The summed E-state index contributed by atoms with van der Waals surface area (Å²) >= 11 is 0. The second kappa shape index (κ2) is 11.2. The maximum atomic E-state index is 13.9. The van der Waals surface area contributed by atoms with Crippen LogP contribution in [-0.2, 0) is 28.9 Å². The summed E-state index contributed by atoms with van der Waals surface area (Å²) in [4.78, 5) is 39.5. The van der Waals surface area contributed by atoms with Gasteiger partial charge in [0.2, 0.25) is 5.78 Å². The molecule has 3 atom stereocenters. The summed E-state index contributed by atoms with van der Waals surface area (Å²) in [6.45, 7) is 2.96. The summed E-state index contributed by atoms with van der Waals surface area (Å²) in [5, 5.41) is 33.8. The summed E-state index contributed by atoms with van der Waals surface area (Å²) in [7, 11) is 1.66. The zero-order valence-electron chi connectivity index (χ0n) is 25.1. The van der Waals surface area contributed by atoms with E-state index in [0.717, 1.165) is 36.1 Å². The molecule has 6 rings (SSSR count). The number of methoxy groups -OCH3 is 1. The number of phenolic OH excluding ortho intramolecular Hbond substituents is 1. The highest BCUT2D eigenvalue weighted by molar-refractivity contribution is 6.25. The molecule has 3 aromatic rings. The maximum absolute atomic E-state index is 13.9. The van der Waals surface area contributed by atoms with Crippen molar-refractivity contribution in [1.82, 2.24) is 0 Å². The summed E-state index contributed by atoms with van der Waals surface area (Å²) in [5.74, 6) is -3.11. The first-order valence-electron chi connectivity index (χ1n) is 15.1. The third kappa shape index (κ3) is 4.76. The van der Waals surface area contributed by atoms with Gasteiger partial charge < -0.3 is 20.1 Å². The summed E-state index contributed by atoms with van der Waals surface area (Å²) < 4.78 is 5.23. The Kier molecular flexibility index (Phi) is 7.54. The van der Waals surface area contributed by atoms with Gasteiger partial charge >= 0.3 is 0 Å². The number of aromatic hydroxyl groups is 1. The SMILES string of the molecule is COc1ccc(CCCc2ccc(-c3ccc(O)c4c3C[C@@H]3C[C@@H]5CC(C)=C(C(C)=O)C(=O)[C@]5(O)C(O)=C3C4=O)cc2)cc1. The molecule has 226 valence electrons. The second-order valence-corrected chi connectivity index (χ2v) is 12.3. The van der Waals surface area contributed by atoms with Crippen molar-refractivity contribution in [1.29, 1.82) is 0 Å². The number of aliphatic hydroxyl groups is 2. The molecule has 0 amide bonds. The Bertz CT molecular complexity index is 1740. The van der Waals surface area contributed by atoms with E-state index < -0.39 is 40.5 Å². The third-order valence-corrected chi connectivity index (χ3v) is 9.66. The largest absolute Gasteiger partial charge is 0.508 e. The zero-order chi connectivity index (χ0) is 31.3. The molecule has 0 radical (unpaired) electrons. The first kappa shape index (κ1) is 29.6. The Morgan fingerprint density at radius 1 is 0.932 bits per heavy atom. The van der Waals surface area contributed by atoms with Crippen molar-refractivity contribution < 1.29 is 34.4 Å². The number of aryl methyl sites for hydroxylation is 2. The summed E-state index contributed by atoms with van der Waals surface area (Å²) in [6, 6.07) is 19.6. The molecule has 0 aromatic heterocycles. The average Bonchev–Trinajstić information content (AvgIpc) is 3.00. The molecule has 3 aliphatic carbocycles. The molecule has 7 nitrogen and oxygen atoms in total. The van der Waals surface area contributed by atoms with Gasteiger partial charge in [-0.25, -0.2) is 0 Å². The average molecular weight is 593 g/mol. The minimum absolute atomic E-state index is 0.0493. The molecule has 3 aromatic carbocycles. The van der Waals surface area contributed by atoms with E-state index in [4.69, 9.17) is 4.74 Å². The number of rotatable bonds is 7. The molecule has 7 heteroatoms. The lowest BCUT2D eigenvalue weighted by Crippen LogP contribution is -2.56. The Morgan fingerprint density at radius 3 is 2.18 bits per heavy atom. The molecule has 0 spiro atoms. The number of benzene rings is 3. The van der Waals surface area contributed by atoms with Crippen LogP contribution in [0, 0.1) is 11.8 Å². The Morgan fingerprint density at radius 2 is 1.57 bits per heavy atom. The number of hydrogen-bond donors (Lipinski definition) is 3. The van der Waals surface area contributed by atoms with Gasteiger partial charge in [-0.15, -0.1) is 0 Å². The van der Waals surface area contributed by atoms with Crippen molar-refractivity contribution in [3.63, 3.8) is 0 Å². The topological polar surface area (TPSA) is 121 Å². The quantitative estimate of drug-likeness (QED) is 0.286. The summed E-state index contributed by atoms with van der Waals surface area (Å²) in [6.07, 6.45) is 3.77. The van der Waals surface area contributed by atoms with Crippen LogP contribution in [0.1, 0.15) is 60.2 Å². The maximum Gasteiger partial charge on any atom is 0.205 e. The van der Waals surface area contributed by atoms with Gasteiger partial charge in [0, 0.05) is 11.5 Å². The highest BCUT2D eigenvalue weighted by Gasteiger charge is 2.58. The van der Waals surface area contributed by atoms with Crippen molar-refractivity contribution in [3.05, 3.63) is 105 Å². The third-order valence-electron chi connectivity index (χ3n) is 9.66. The van der Waals surface area contributed by atoms with Gasteiger partial charge in [0.15, 0.2) is 17.2 Å². The van der Waals surface area contributed by atoms with E-state index in [2.05, 4.69) is 24.3 Å². The van der Waals surface area contributed by atoms with Gasteiger partial charge in [-0.2, -0.15) is 0 Å². The summed E-state index contributed by atoms with van der Waals surface area (Å²) in [5.41, 5.74) is 3.03. The van der Waals surface area contributed by atoms with Crippen LogP contribution in [0.25, 0.3) is 11.1 Å². The number of fused-ring (bicyclic) bond motifs is 3. The van der Waals surface area contributed by atoms with E-state index in [1.807, 2.05) is 30.3 Å². The van der Waals surface area contributed by atoms with Crippen molar-refractivity contribution in [2.75, 3.05) is 7.11 Å². The first-order chi connectivity index (χ1) is 21.0. The van der Waals surface area contributed by atoms with Crippen molar-refractivity contribution in [2.45, 2.75) is 58.0 Å². The normalized spacial score (nSPS) is 22.8. The van der Waals surface area contributed by atoms with Crippen LogP contribution >= 0.6 is 0 Å². The van der Waals surface area contributed by atoms with E-state index >= 15 is 0 Å². The molecule has 0 unspecified atom stereocenters. The zero-order valence-corrected chi connectivity index (χ0v) is 25.1. The molecule has 3 N–H and O–H groups in total. The number of Topliss-reactive ketones (excluding diaryl/α,β-unsaturated/α-hetero) is 3. The van der Waals surface area contributed by atoms with Crippen LogP contribution in [0.5, 0.6) is 11.5 Å². The molecule has 0 saturated carbocycles. The predicted molar refractivity (Wildman–Crippen MR) is 166 cm³/mol. The van der Waals surface area contributed by atoms with Crippen molar-refractivity contribution >= 4 is 17.3 Å². The number of ketones is 3. The molecular formula is C37H36O7. The Labute approximate surface area is 256 Å². The van der Waals surface area contributed by atoms with Gasteiger partial charge in [0.1, 0.15) is 17.3 Å². The standard InChI is InChI=1S/C37H36O7/c1-20-17-26-18-25-19-29-28(24-11-7-22(8-12-24)5-4-6-23-9-13-27(44-3)14-10-23)15-16-30(39)33(29)34(40)32(25)36(42)37(26,43)35(41)31(20)21(2)38/h7-16,25-26,39,42-43H,4-6,17-19H2,1-3H3/t25-,26-,37-/m0/s1. The van der Waals surface area contributed by atoms with Gasteiger partial charge in [-0.1, -0.05) is 48.0 Å². The highest BCUT2D eigenvalue weighted by Crippen LogP contribution is 2.52. The van der Waals surface area contributed by atoms with Gasteiger partial charge in [0.25, 0.3) is 0 Å². The van der Waals surface area contributed by atoms with Crippen LogP contribution in [0.15, 0.2) is 83.1 Å². The Hall–Kier alpha value is -4.49. The van der Waals surface area contributed by atoms with E-state index in [1.165, 1.54) is 24.1 Å². The van der Waals surface area contributed by atoms with Crippen LogP contribution in [-0.4, -0.2) is 45.4 Å². The molecular weight excluding hydrogens is 556 g/mol. The second-order valence-electron chi connectivity index (χ2n) is 12.3. The van der Waals surface area contributed by atoms with Gasteiger partial charge in [-0.05, 0) is 104 Å². The fourth-order valence-electron chi connectivity index (χ4n) is 7.43. The fourth-order valence-corrected chi connectivity index (χ4v) is 7.43. The number of ether oxygens (including phenoxy) is 1. The van der Waals surface area contributed by atoms with Gasteiger partial charge in [0.05, 0.1) is 18.2 Å². The lowest BCUT2D eigenvalue weighted by molar-refractivity contribution is -0.143. The number of aliphatic hydroxyl groups excluding tert-OH is 1. The number of hydrogen-bond acceptors (Lipinski definition) is 7. The van der Waals surface area contributed by atoms with E-state index in [0.29, 0.717) is 17.6 Å². The molecule has 0 aliphatic heterocycles. The van der Waals surface area contributed by atoms with Crippen LogP contribution < -0.4 is 4.74 Å². The number of carbonyl (C=O) groups excluding carboxylic acids is 3. The van der Waals surface area contributed by atoms with Crippen LogP contribution in [0.2, 0.25) is 0 Å². The van der Waals surface area contributed by atoms with Crippen molar-refractivity contribution in [2.24, 2.45) is 11.8 Å². The smallest absolute Gasteiger partial charge is 0.205 e. The van der Waals surface area contributed by atoms with E-state index in [9.17, 15) is 29.7 Å². The monoisotopic (exact) mass is 592 g/mol. The molecule has 44 heavy (non-hydrogen) atoms. The van der Waals surface area contributed by atoms with Crippen LogP contribution in [0.4, 0.5) is 0 Å². The number of carbonyl (C=O) groups is 3. The Balaban J connectivity index is 1.28. The van der Waals surface area contributed by atoms with Crippen molar-refractivity contribution in [3.8, 4) is 22.6 Å². The number of phenols is 1. The van der Waals surface area contributed by atoms with Gasteiger partial charge in [-0.3, -0.25) is 14.4 Å². The molecule has 0 saturated heterocycles. The lowest BCUT2D eigenvalue weighted by Gasteiger charge is -2.46. The lowest BCUT2D eigenvalue weighted by atomic mass is 9.59. The molecule has 0 heterocycles. The minimum atomic E-state index is -2.34. The first-order valence-corrected chi connectivity index (χ1v) is 15.1. The minimum Gasteiger partial charge on any atom is -0.508 e. The molecule has 3 aliphatic rings. The van der Waals surface area contributed by atoms with Crippen LogP contribution in [0.3, 0.4) is 0 Å². The highest BCUT2D eigenvalue weighted by atomic mass is 16.5. The van der Waals surface area contributed by atoms with E-state index in [1.54, 1.807) is 14.0 Å². The molecule has 0 bridgehead atoms. The predicted octanol–water partition coefficient (Wildman–Crippen LogP) is 6.04. The fraction of sp³-hybridized carbons (Fsp3) is 0.324. The van der Waals surface area contributed by atoms with E-state index in [-0.39, 0.29) is 35.3 Å². The molecule has 0 fully saturated rings. The number of allylic oxidation sites excluding steroid dienone is 2.